The van der Waals surface area contributed by atoms with E-state index in [1.807, 2.05) is 36.7 Å². The third-order valence-corrected chi connectivity index (χ3v) is 4.13. The van der Waals surface area contributed by atoms with Crippen molar-refractivity contribution in [2.75, 3.05) is 18.4 Å². The maximum atomic E-state index is 12.0. The van der Waals surface area contributed by atoms with Gasteiger partial charge in [-0.25, -0.2) is 14.8 Å². The number of anilines is 1. The average Bonchev–Trinajstić information content (AvgIpc) is 2.97. The Kier molecular flexibility index (Phi) is 5.68. The fourth-order valence-corrected chi connectivity index (χ4v) is 2.91. The highest BCUT2D eigenvalue weighted by Gasteiger charge is 2.07. The van der Waals surface area contributed by atoms with Crippen molar-refractivity contribution in [2.45, 2.75) is 19.9 Å². The average molecular weight is 352 g/mol. The van der Waals surface area contributed by atoms with Crippen LogP contribution in [0.3, 0.4) is 0 Å². The number of hydrogen-bond donors (Lipinski definition) is 3. The molecule has 136 valence electrons. The Morgan fingerprint density at radius 3 is 2.92 bits per heavy atom. The van der Waals surface area contributed by atoms with Crippen molar-refractivity contribution in [3.8, 4) is 0 Å². The molecule has 0 spiro atoms. The van der Waals surface area contributed by atoms with Gasteiger partial charge in [-0.3, -0.25) is 0 Å². The van der Waals surface area contributed by atoms with E-state index in [9.17, 15) is 4.79 Å². The van der Waals surface area contributed by atoms with E-state index in [4.69, 9.17) is 0 Å². The number of amides is 2. The highest BCUT2D eigenvalue weighted by atomic mass is 16.2. The van der Waals surface area contributed by atoms with Gasteiger partial charge in [0.1, 0.15) is 11.5 Å². The maximum absolute atomic E-state index is 12.0. The minimum Gasteiger partial charge on any atom is -0.370 e. The van der Waals surface area contributed by atoms with Crippen LogP contribution in [0.1, 0.15) is 18.1 Å². The Labute approximate surface area is 152 Å². The Hall–Kier alpha value is -3.09. The van der Waals surface area contributed by atoms with Gasteiger partial charge in [-0.15, -0.1) is 0 Å². The first-order chi connectivity index (χ1) is 12.7. The largest absolute Gasteiger partial charge is 0.370 e. The number of urea groups is 1. The van der Waals surface area contributed by atoms with Crippen LogP contribution in [0.15, 0.2) is 42.9 Å². The summed E-state index contributed by atoms with van der Waals surface area (Å²) in [7, 11) is 1.98. The molecule has 0 aliphatic rings. The van der Waals surface area contributed by atoms with Gasteiger partial charge in [-0.2, -0.15) is 0 Å². The van der Waals surface area contributed by atoms with Crippen LogP contribution in [0, 0.1) is 0 Å². The van der Waals surface area contributed by atoms with E-state index in [0.717, 1.165) is 35.4 Å². The Morgan fingerprint density at radius 2 is 2.08 bits per heavy atom. The molecule has 26 heavy (non-hydrogen) atoms. The number of hydrogen-bond acceptors (Lipinski definition) is 4. The van der Waals surface area contributed by atoms with Crippen molar-refractivity contribution < 1.29 is 4.79 Å². The van der Waals surface area contributed by atoms with Crippen molar-refractivity contribution in [3.05, 3.63) is 54.0 Å². The molecule has 7 nitrogen and oxygen atoms in total. The molecular formula is C19H24N6O. The van der Waals surface area contributed by atoms with Gasteiger partial charge in [0.25, 0.3) is 0 Å². The quantitative estimate of drug-likeness (QED) is 0.610. The van der Waals surface area contributed by atoms with Gasteiger partial charge in [-0.05, 0) is 48.7 Å². The molecule has 3 aromatic rings. The normalized spacial score (nSPS) is 10.7. The number of rotatable bonds is 7. The number of carbonyl (C=O) groups is 1. The lowest BCUT2D eigenvalue weighted by atomic mass is 10.1. The lowest BCUT2D eigenvalue weighted by Gasteiger charge is -2.09. The van der Waals surface area contributed by atoms with Crippen molar-refractivity contribution in [2.24, 2.45) is 7.05 Å². The summed E-state index contributed by atoms with van der Waals surface area (Å²) in [6.07, 6.45) is 6.35. The van der Waals surface area contributed by atoms with E-state index in [-0.39, 0.29) is 6.03 Å². The molecule has 3 N–H and O–H groups in total. The van der Waals surface area contributed by atoms with Gasteiger partial charge in [0.15, 0.2) is 0 Å². The second-order valence-corrected chi connectivity index (χ2v) is 6.08. The predicted octanol–water partition coefficient (Wildman–Crippen LogP) is 2.44. The molecule has 0 aliphatic carbocycles. The summed E-state index contributed by atoms with van der Waals surface area (Å²) in [5.74, 6) is 0.816. The first-order valence-corrected chi connectivity index (χ1v) is 8.77. The van der Waals surface area contributed by atoms with Gasteiger partial charge < -0.3 is 20.5 Å². The summed E-state index contributed by atoms with van der Waals surface area (Å²) in [6.45, 7) is 3.86. The second kappa shape index (κ2) is 8.33. The molecule has 3 rings (SSSR count). The van der Waals surface area contributed by atoms with E-state index in [0.29, 0.717) is 13.1 Å². The molecule has 7 heteroatoms. The standard InChI is InChI=1S/C19H24N6O/c1-3-20-17-11-14(6-9-21-17)12-24-19(26)23-10-7-15-13-25(2)18-16(15)5-4-8-22-18/h4-6,8-9,11,13H,3,7,10,12H2,1-2H3,(H,20,21)(H2,23,24,26). The van der Waals surface area contributed by atoms with Crippen LogP contribution < -0.4 is 16.0 Å². The number of aryl methyl sites for hydroxylation is 1. The van der Waals surface area contributed by atoms with Gasteiger partial charge >= 0.3 is 6.03 Å². The molecule has 0 radical (unpaired) electrons. The van der Waals surface area contributed by atoms with E-state index >= 15 is 0 Å². The number of fused-ring (bicyclic) bond motifs is 1. The fraction of sp³-hybridized carbons (Fsp3) is 0.316. The van der Waals surface area contributed by atoms with E-state index in [1.165, 1.54) is 5.56 Å². The molecule has 0 aliphatic heterocycles. The molecule has 0 bridgehead atoms. The molecule has 3 heterocycles. The molecule has 0 aromatic carbocycles. The van der Waals surface area contributed by atoms with Gasteiger partial charge in [0, 0.05) is 50.7 Å². The zero-order valence-corrected chi connectivity index (χ0v) is 15.1. The smallest absolute Gasteiger partial charge is 0.315 e. The number of nitrogens with one attached hydrogen (secondary N) is 3. The summed E-state index contributed by atoms with van der Waals surface area (Å²) in [5, 5.41) is 10.1. The van der Waals surface area contributed by atoms with Crippen LogP contribution >= 0.6 is 0 Å². The lowest BCUT2D eigenvalue weighted by Crippen LogP contribution is -2.36. The molecule has 0 unspecified atom stereocenters. The van der Waals surface area contributed by atoms with Gasteiger partial charge in [0.2, 0.25) is 0 Å². The minimum atomic E-state index is -0.176. The van der Waals surface area contributed by atoms with Crippen molar-refractivity contribution in [1.29, 1.82) is 0 Å². The van der Waals surface area contributed by atoms with E-state index in [1.54, 1.807) is 12.4 Å². The topological polar surface area (TPSA) is 83.9 Å². The first-order valence-electron chi connectivity index (χ1n) is 8.77. The third kappa shape index (κ3) is 4.30. The maximum Gasteiger partial charge on any atom is 0.315 e. The van der Waals surface area contributed by atoms with Crippen molar-refractivity contribution >= 4 is 22.9 Å². The summed E-state index contributed by atoms with van der Waals surface area (Å²) in [5.41, 5.74) is 3.15. The van der Waals surface area contributed by atoms with Crippen LogP contribution in [0.4, 0.5) is 10.6 Å². The van der Waals surface area contributed by atoms with Crippen molar-refractivity contribution in [3.63, 3.8) is 0 Å². The molecule has 0 fully saturated rings. The highest BCUT2D eigenvalue weighted by Crippen LogP contribution is 2.18. The lowest BCUT2D eigenvalue weighted by molar-refractivity contribution is 0.240. The van der Waals surface area contributed by atoms with Crippen LogP contribution in [0.2, 0.25) is 0 Å². The molecule has 3 aromatic heterocycles. The summed E-state index contributed by atoms with van der Waals surface area (Å²) in [4.78, 5) is 20.6. The van der Waals surface area contributed by atoms with Crippen LogP contribution in [-0.4, -0.2) is 33.7 Å². The van der Waals surface area contributed by atoms with E-state index in [2.05, 4.69) is 38.2 Å². The SMILES string of the molecule is CCNc1cc(CNC(=O)NCCc2cn(C)c3ncccc23)ccn1. The number of pyridine rings is 2. The first kappa shape index (κ1) is 17.7. The molecule has 0 saturated heterocycles. The second-order valence-electron chi connectivity index (χ2n) is 6.08. The summed E-state index contributed by atoms with van der Waals surface area (Å²) in [6, 6.07) is 7.65. The van der Waals surface area contributed by atoms with Gasteiger partial charge in [-0.1, -0.05) is 0 Å². The van der Waals surface area contributed by atoms with Gasteiger partial charge in [0.05, 0.1) is 0 Å². The molecule has 2 amide bonds. The Balaban J connectivity index is 1.47. The summed E-state index contributed by atoms with van der Waals surface area (Å²) >= 11 is 0. The zero-order valence-electron chi connectivity index (χ0n) is 15.1. The van der Waals surface area contributed by atoms with Crippen LogP contribution in [0.5, 0.6) is 0 Å². The number of aromatic nitrogens is 3. The molecule has 0 saturated carbocycles. The summed E-state index contributed by atoms with van der Waals surface area (Å²) < 4.78 is 2.01. The fourth-order valence-electron chi connectivity index (χ4n) is 2.91. The molecule has 0 atom stereocenters. The predicted molar refractivity (Wildman–Crippen MR) is 103 cm³/mol. The molecular weight excluding hydrogens is 328 g/mol. The Bertz CT molecular complexity index is 889. The minimum absolute atomic E-state index is 0.176. The highest BCUT2D eigenvalue weighted by molar-refractivity contribution is 5.80. The van der Waals surface area contributed by atoms with E-state index < -0.39 is 0 Å². The zero-order chi connectivity index (χ0) is 18.4. The Morgan fingerprint density at radius 1 is 1.19 bits per heavy atom. The third-order valence-electron chi connectivity index (χ3n) is 4.13. The monoisotopic (exact) mass is 352 g/mol. The van der Waals surface area contributed by atoms with Crippen LogP contribution in [-0.2, 0) is 20.0 Å². The number of carbonyl (C=O) groups excluding carboxylic acids is 1. The van der Waals surface area contributed by atoms with Crippen molar-refractivity contribution in [1.82, 2.24) is 25.2 Å². The number of nitrogens with zero attached hydrogens (tertiary/aromatic N) is 3. The van der Waals surface area contributed by atoms with Crippen LogP contribution in [0.25, 0.3) is 11.0 Å².